The Kier molecular flexibility index (Phi) is 5.32. The van der Waals surface area contributed by atoms with Crippen LogP contribution in [0, 0.1) is 0 Å². The molecule has 0 atom stereocenters. The summed E-state index contributed by atoms with van der Waals surface area (Å²) in [5.41, 5.74) is 3.45. The minimum Gasteiger partial charge on any atom is -0.326 e. The van der Waals surface area contributed by atoms with Gasteiger partial charge in [-0.2, -0.15) is 0 Å². The summed E-state index contributed by atoms with van der Waals surface area (Å²) in [6.45, 7) is 3.50. The summed E-state index contributed by atoms with van der Waals surface area (Å²) in [5, 5.41) is 7.97. The third-order valence-electron chi connectivity index (χ3n) is 4.32. The van der Waals surface area contributed by atoms with Crippen molar-refractivity contribution in [1.82, 2.24) is 0 Å². The molecule has 0 bridgehead atoms. The maximum atomic E-state index is 12.6. The monoisotopic (exact) mass is 346 g/mol. The topological polar surface area (TPSA) is 58.2 Å². The van der Waals surface area contributed by atoms with Crippen LogP contribution in [0.15, 0.2) is 60.7 Å². The lowest BCUT2D eigenvalue weighted by atomic mass is 10.0. The number of hydrogen-bond acceptors (Lipinski definition) is 2. The molecule has 2 N–H and O–H groups in total. The Labute approximate surface area is 153 Å². The molecule has 0 saturated carbocycles. The summed E-state index contributed by atoms with van der Waals surface area (Å²) < 4.78 is 0. The molecule has 0 saturated heterocycles. The van der Waals surface area contributed by atoms with Crippen LogP contribution < -0.4 is 10.6 Å². The Bertz CT molecular complexity index is 958. The van der Waals surface area contributed by atoms with Crippen LogP contribution in [0.4, 0.5) is 11.4 Å². The average molecular weight is 346 g/mol. The molecule has 0 aliphatic heterocycles. The minimum atomic E-state index is -0.137. The van der Waals surface area contributed by atoms with Crippen molar-refractivity contribution in [1.29, 1.82) is 0 Å². The molecular formula is C22H22N2O2. The minimum absolute atomic E-state index is 0.0731. The molecule has 0 unspecified atom stereocenters. The predicted octanol–water partition coefficient (Wildman–Crippen LogP) is 4.54. The number of anilines is 2. The second kappa shape index (κ2) is 7.83. The Hall–Kier alpha value is -3.14. The maximum absolute atomic E-state index is 12.6. The predicted molar refractivity (Wildman–Crippen MR) is 106 cm³/mol. The molecular weight excluding hydrogens is 324 g/mol. The van der Waals surface area contributed by atoms with Crippen LogP contribution in [0.3, 0.4) is 0 Å². The summed E-state index contributed by atoms with van der Waals surface area (Å²) in [6.07, 6.45) is 1.10. The first-order chi connectivity index (χ1) is 12.6. The molecule has 26 heavy (non-hydrogen) atoms. The van der Waals surface area contributed by atoms with Crippen molar-refractivity contribution in [3.63, 3.8) is 0 Å². The van der Waals surface area contributed by atoms with Gasteiger partial charge in [0.05, 0.1) is 6.42 Å². The van der Waals surface area contributed by atoms with Crippen LogP contribution in [-0.4, -0.2) is 11.8 Å². The van der Waals surface area contributed by atoms with Crippen LogP contribution in [0.25, 0.3) is 10.8 Å². The molecule has 3 aromatic carbocycles. The molecule has 0 aromatic heterocycles. The molecule has 3 rings (SSSR count). The Morgan fingerprint density at radius 1 is 0.885 bits per heavy atom. The van der Waals surface area contributed by atoms with Crippen molar-refractivity contribution < 1.29 is 9.59 Å². The zero-order valence-electron chi connectivity index (χ0n) is 15.0. The summed E-state index contributed by atoms with van der Waals surface area (Å²) in [5.74, 6) is -0.210. The SMILES string of the molecule is CCc1ccc(NC(C)=O)cc1NC(=O)Cc1cccc2ccccc12. The standard InChI is InChI=1S/C22H22N2O2/c1-3-16-11-12-19(23-15(2)25)14-21(16)24-22(26)13-18-9-6-8-17-7-4-5-10-20(17)18/h4-12,14H,3,13H2,1-2H3,(H,23,25)(H,24,26). The van der Waals surface area contributed by atoms with E-state index in [1.807, 2.05) is 61.5 Å². The molecule has 0 aliphatic rings. The third-order valence-corrected chi connectivity index (χ3v) is 4.32. The van der Waals surface area contributed by atoms with Crippen molar-refractivity contribution in [3.8, 4) is 0 Å². The van der Waals surface area contributed by atoms with Gasteiger partial charge in [-0.25, -0.2) is 0 Å². The zero-order valence-corrected chi connectivity index (χ0v) is 15.0. The number of nitrogens with one attached hydrogen (secondary N) is 2. The van der Waals surface area contributed by atoms with Gasteiger partial charge in [0.2, 0.25) is 11.8 Å². The normalized spacial score (nSPS) is 10.5. The van der Waals surface area contributed by atoms with Gasteiger partial charge in [0.1, 0.15) is 0 Å². The van der Waals surface area contributed by atoms with Crippen LogP contribution in [0.1, 0.15) is 25.0 Å². The highest BCUT2D eigenvalue weighted by Crippen LogP contribution is 2.23. The molecule has 0 aliphatic carbocycles. The number of benzene rings is 3. The number of carbonyl (C=O) groups excluding carboxylic acids is 2. The van der Waals surface area contributed by atoms with Gasteiger partial charge in [0, 0.05) is 18.3 Å². The molecule has 3 aromatic rings. The first-order valence-corrected chi connectivity index (χ1v) is 8.74. The Morgan fingerprint density at radius 2 is 1.65 bits per heavy atom. The van der Waals surface area contributed by atoms with E-state index in [0.717, 1.165) is 34.0 Å². The first kappa shape index (κ1) is 17.7. The lowest BCUT2D eigenvalue weighted by molar-refractivity contribution is -0.115. The van der Waals surface area contributed by atoms with E-state index in [9.17, 15) is 9.59 Å². The number of rotatable bonds is 5. The largest absolute Gasteiger partial charge is 0.326 e. The van der Waals surface area contributed by atoms with Crippen molar-refractivity contribution in [2.75, 3.05) is 10.6 Å². The lowest BCUT2D eigenvalue weighted by Crippen LogP contribution is -2.16. The lowest BCUT2D eigenvalue weighted by Gasteiger charge is -2.13. The van der Waals surface area contributed by atoms with Crippen molar-refractivity contribution >= 4 is 34.0 Å². The van der Waals surface area contributed by atoms with E-state index in [4.69, 9.17) is 0 Å². The van der Waals surface area contributed by atoms with Gasteiger partial charge in [-0.3, -0.25) is 9.59 Å². The second-order valence-electron chi connectivity index (χ2n) is 6.27. The summed E-state index contributed by atoms with van der Waals surface area (Å²) in [6, 6.07) is 19.6. The van der Waals surface area contributed by atoms with Gasteiger partial charge in [-0.15, -0.1) is 0 Å². The highest BCUT2D eigenvalue weighted by Gasteiger charge is 2.10. The van der Waals surface area contributed by atoms with Gasteiger partial charge < -0.3 is 10.6 Å². The fourth-order valence-corrected chi connectivity index (χ4v) is 3.10. The molecule has 132 valence electrons. The number of carbonyl (C=O) groups is 2. The molecule has 2 amide bonds. The summed E-state index contributed by atoms with van der Waals surface area (Å²) >= 11 is 0. The quantitative estimate of drug-likeness (QED) is 0.712. The van der Waals surface area contributed by atoms with E-state index in [0.29, 0.717) is 12.1 Å². The molecule has 4 nitrogen and oxygen atoms in total. The van der Waals surface area contributed by atoms with Crippen LogP contribution in [0.5, 0.6) is 0 Å². The van der Waals surface area contributed by atoms with Crippen LogP contribution in [-0.2, 0) is 22.4 Å². The van der Waals surface area contributed by atoms with E-state index in [1.54, 1.807) is 6.07 Å². The fraction of sp³-hybridized carbons (Fsp3) is 0.182. The summed E-state index contributed by atoms with van der Waals surface area (Å²) in [7, 11) is 0. The molecule has 0 radical (unpaired) electrons. The van der Waals surface area contributed by atoms with Crippen molar-refractivity contribution in [3.05, 3.63) is 71.8 Å². The average Bonchev–Trinajstić information content (AvgIpc) is 2.62. The molecule has 0 spiro atoms. The second-order valence-corrected chi connectivity index (χ2v) is 6.27. The Morgan fingerprint density at radius 3 is 2.42 bits per heavy atom. The fourth-order valence-electron chi connectivity index (χ4n) is 3.10. The van der Waals surface area contributed by atoms with Gasteiger partial charge in [-0.1, -0.05) is 55.5 Å². The molecule has 0 heterocycles. The van der Waals surface area contributed by atoms with E-state index in [2.05, 4.69) is 10.6 Å². The molecule has 0 fully saturated rings. The summed E-state index contributed by atoms with van der Waals surface area (Å²) in [4.78, 5) is 23.9. The highest BCUT2D eigenvalue weighted by molar-refractivity contribution is 5.97. The van der Waals surface area contributed by atoms with E-state index in [1.165, 1.54) is 6.92 Å². The van der Waals surface area contributed by atoms with E-state index >= 15 is 0 Å². The first-order valence-electron chi connectivity index (χ1n) is 8.74. The highest BCUT2D eigenvalue weighted by atomic mass is 16.2. The Balaban J connectivity index is 1.82. The maximum Gasteiger partial charge on any atom is 0.228 e. The van der Waals surface area contributed by atoms with Crippen LogP contribution in [0.2, 0.25) is 0 Å². The van der Waals surface area contributed by atoms with Gasteiger partial charge in [0.25, 0.3) is 0 Å². The van der Waals surface area contributed by atoms with Gasteiger partial charge in [-0.05, 0) is 40.5 Å². The number of hydrogen-bond donors (Lipinski definition) is 2. The third kappa shape index (κ3) is 4.09. The molecule has 4 heteroatoms. The van der Waals surface area contributed by atoms with Crippen LogP contribution >= 0.6 is 0 Å². The van der Waals surface area contributed by atoms with E-state index < -0.39 is 0 Å². The number of fused-ring (bicyclic) bond motifs is 1. The van der Waals surface area contributed by atoms with Crippen molar-refractivity contribution in [2.24, 2.45) is 0 Å². The number of amides is 2. The van der Waals surface area contributed by atoms with Crippen molar-refractivity contribution in [2.45, 2.75) is 26.7 Å². The van der Waals surface area contributed by atoms with E-state index in [-0.39, 0.29) is 11.8 Å². The smallest absolute Gasteiger partial charge is 0.228 e. The number of aryl methyl sites for hydroxylation is 1. The van der Waals surface area contributed by atoms with Gasteiger partial charge in [0.15, 0.2) is 0 Å². The zero-order chi connectivity index (χ0) is 18.5. The van der Waals surface area contributed by atoms with Gasteiger partial charge >= 0.3 is 0 Å².